The lowest BCUT2D eigenvalue weighted by atomic mass is 10.2. The van der Waals surface area contributed by atoms with Gasteiger partial charge in [0.2, 0.25) is 0 Å². The molecule has 1 amide bonds. The topological polar surface area (TPSA) is 78.4 Å². The van der Waals surface area contributed by atoms with E-state index in [0.29, 0.717) is 27.1 Å². The van der Waals surface area contributed by atoms with E-state index in [1.165, 1.54) is 11.8 Å². The predicted octanol–water partition coefficient (Wildman–Crippen LogP) is 3.04. The van der Waals surface area contributed by atoms with Gasteiger partial charge in [0, 0.05) is 6.08 Å². The van der Waals surface area contributed by atoms with Gasteiger partial charge in [0.25, 0.3) is 5.91 Å². The van der Waals surface area contributed by atoms with Crippen LogP contribution < -0.4 is 5.32 Å². The molecule has 102 valence electrons. The molecule has 2 heterocycles. The van der Waals surface area contributed by atoms with E-state index in [4.69, 9.17) is 9.68 Å². The van der Waals surface area contributed by atoms with Gasteiger partial charge in [0.15, 0.2) is 5.17 Å². The zero-order valence-corrected chi connectivity index (χ0v) is 11.6. The number of hydrogen-bond acceptors (Lipinski definition) is 5. The third-order valence-electron chi connectivity index (χ3n) is 2.71. The van der Waals surface area contributed by atoms with E-state index in [1.54, 1.807) is 48.7 Å². The van der Waals surface area contributed by atoms with Gasteiger partial charge in [-0.15, -0.1) is 0 Å². The molecule has 3 rings (SSSR count). The van der Waals surface area contributed by atoms with Crippen LogP contribution in [0.25, 0.3) is 6.08 Å². The lowest BCUT2D eigenvalue weighted by Gasteiger charge is -1.98. The van der Waals surface area contributed by atoms with Crippen LogP contribution in [0.1, 0.15) is 11.3 Å². The summed E-state index contributed by atoms with van der Waals surface area (Å²) in [7, 11) is 0. The van der Waals surface area contributed by atoms with Crippen molar-refractivity contribution in [1.82, 2.24) is 5.32 Å². The smallest absolute Gasteiger partial charge is 0.264 e. The van der Waals surface area contributed by atoms with Gasteiger partial charge in [-0.3, -0.25) is 4.79 Å². The van der Waals surface area contributed by atoms with Crippen LogP contribution in [-0.4, -0.2) is 11.1 Å². The average molecular weight is 295 g/mol. The van der Waals surface area contributed by atoms with Gasteiger partial charge in [-0.1, -0.05) is 12.1 Å². The molecule has 1 fully saturated rings. The van der Waals surface area contributed by atoms with Gasteiger partial charge in [-0.05, 0) is 36.0 Å². The number of para-hydroxylation sites is 1. The first kappa shape index (κ1) is 13.2. The second-order valence-electron chi connectivity index (χ2n) is 4.13. The molecule has 1 saturated heterocycles. The molecule has 1 N–H and O–H groups in total. The maximum atomic E-state index is 11.9. The molecule has 0 radical (unpaired) electrons. The molecule has 1 aliphatic heterocycles. The normalized spacial score (nSPS) is 18.0. The Labute approximate surface area is 125 Å². The number of amides is 1. The Bertz CT molecular complexity index is 786. The first-order valence-corrected chi connectivity index (χ1v) is 6.90. The van der Waals surface area contributed by atoms with E-state index in [1.807, 2.05) is 0 Å². The molecule has 6 heteroatoms. The second kappa shape index (κ2) is 5.69. The summed E-state index contributed by atoms with van der Waals surface area (Å²) in [5.41, 5.74) is 0.991. The standard InChI is InChI=1S/C15H9N3O2S/c16-9-10-4-1-2-6-12(10)17-15-18-14(19)13(21-15)8-11-5-3-7-20-11/h1-8H,(H,17,18,19)/b13-8-. The minimum Gasteiger partial charge on any atom is -0.465 e. The van der Waals surface area contributed by atoms with Gasteiger partial charge in [-0.25, -0.2) is 4.99 Å². The quantitative estimate of drug-likeness (QED) is 0.864. The molecule has 1 aliphatic rings. The van der Waals surface area contributed by atoms with E-state index >= 15 is 0 Å². The van der Waals surface area contributed by atoms with Gasteiger partial charge in [0.05, 0.1) is 22.4 Å². The molecule has 21 heavy (non-hydrogen) atoms. The summed E-state index contributed by atoms with van der Waals surface area (Å²) < 4.78 is 5.18. The second-order valence-corrected chi connectivity index (χ2v) is 5.16. The molecule has 0 saturated carbocycles. The Balaban J connectivity index is 1.88. The van der Waals surface area contributed by atoms with E-state index < -0.39 is 0 Å². The Morgan fingerprint density at radius 1 is 1.29 bits per heavy atom. The van der Waals surface area contributed by atoms with E-state index in [9.17, 15) is 4.79 Å². The molecule has 1 aromatic heterocycles. The number of carbonyl (C=O) groups excluding carboxylic acids is 1. The molecule has 2 aromatic rings. The van der Waals surface area contributed by atoms with Crippen LogP contribution >= 0.6 is 11.8 Å². The summed E-state index contributed by atoms with van der Waals surface area (Å²) in [5, 5.41) is 12.1. The fourth-order valence-electron chi connectivity index (χ4n) is 1.76. The number of nitrogens with zero attached hydrogens (tertiary/aromatic N) is 2. The van der Waals surface area contributed by atoms with Crippen molar-refractivity contribution in [2.45, 2.75) is 0 Å². The summed E-state index contributed by atoms with van der Waals surface area (Å²) in [6.07, 6.45) is 3.20. The summed E-state index contributed by atoms with van der Waals surface area (Å²) >= 11 is 1.21. The summed E-state index contributed by atoms with van der Waals surface area (Å²) in [5.74, 6) is 0.371. The zero-order chi connectivity index (χ0) is 14.7. The third kappa shape index (κ3) is 2.88. The van der Waals surface area contributed by atoms with Crippen LogP contribution in [0.5, 0.6) is 0 Å². The minimum atomic E-state index is -0.232. The van der Waals surface area contributed by atoms with Crippen molar-refractivity contribution in [3.05, 3.63) is 58.9 Å². The van der Waals surface area contributed by atoms with Gasteiger partial charge in [0.1, 0.15) is 11.8 Å². The maximum absolute atomic E-state index is 11.9. The summed E-state index contributed by atoms with van der Waals surface area (Å²) in [4.78, 5) is 16.7. The van der Waals surface area contributed by atoms with E-state index in [0.717, 1.165) is 0 Å². The van der Waals surface area contributed by atoms with E-state index in [-0.39, 0.29) is 5.91 Å². The molecule has 1 aromatic carbocycles. The number of nitrogens with one attached hydrogen (secondary N) is 1. The van der Waals surface area contributed by atoms with Crippen LogP contribution in [0.3, 0.4) is 0 Å². The van der Waals surface area contributed by atoms with Gasteiger partial charge < -0.3 is 9.73 Å². The molecular weight excluding hydrogens is 286 g/mol. The van der Waals surface area contributed by atoms with Crippen molar-refractivity contribution in [3.63, 3.8) is 0 Å². The van der Waals surface area contributed by atoms with Gasteiger partial charge >= 0.3 is 0 Å². The van der Waals surface area contributed by atoms with Gasteiger partial charge in [-0.2, -0.15) is 5.26 Å². The van der Waals surface area contributed by atoms with Crippen LogP contribution in [0.2, 0.25) is 0 Å². The van der Waals surface area contributed by atoms with Crippen molar-refractivity contribution in [3.8, 4) is 6.07 Å². The number of thioether (sulfide) groups is 1. The molecule has 0 spiro atoms. The number of nitriles is 1. The maximum Gasteiger partial charge on any atom is 0.264 e. The fraction of sp³-hybridized carbons (Fsp3) is 0. The average Bonchev–Trinajstić information content (AvgIpc) is 3.11. The van der Waals surface area contributed by atoms with Crippen molar-refractivity contribution in [2.75, 3.05) is 0 Å². The van der Waals surface area contributed by atoms with Crippen LogP contribution in [0.15, 0.2) is 57.0 Å². The number of aliphatic imine (C=N–C) groups is 1. The number of carbonyl (C=O) groups is 1. The number of furan rings is 1. The molecular formula is C15H9N3O2S. The molecule has 0 aliphatic carbocycles. The number of hydrogen-bond donors (Lipinski definition) is 1. The predicted molar refractivity (Wildman–Crippen MR) is 80.7 cm³/mol. The summed E-state index contributed by atoms with van der Waals surface area (Å²) in [6.45, 7) is 0. The van der Waals surface area contributed by atoms with Crippen LogP contribution in [0, 0.1) is 11.3 Å². The lowest BCUT2D eigenvalue weighted by molar-refractivity contribution is -0.115. The molecule has 0 atom stereocenters. The minimum absolute atomic E-state index is 0.232. The number of amidine groups is 1. The van der Waals surface area contributed by atoms with Crippen molar-refractivity contribution in [1.29, 1.82) is 5.26 Å². The largest absolute Gasteiger partial charge is 0.465 e. The fourth-order valence-corrected chi connectivity index (χ4v) is 2.57. The highest BCUT2D eigenvalue weighted by molar-refractivity contribution is 8.18. The SMILES string of the molecule is N#Cc1ccccc1N=C1NC(=O)/C(=C/c2ccco2)S1. The van der Waals surface area contributed by atoms with Crippen LogP contribution in [-0.2, 0) is 4.79 Å². The van der Waals surface area contributed by atoms with Crippen LogP contribution in [0.4, 0.5) is 5.69 Å². The Hall–Kier alpha value is -2.78. The van der Waals surface area contributed by atoms with Crippen molar-refractivity contribution >= 4 is 34.6 Å². The van der Waals surface area contributed by atoms with E-state index in [2.05, 4.69) is 16.4 Å². The highest BCUT2D eigenvalue weighted by atomic mass is 32.2. The molecule has 5 nitrogen and oxygen atoms in total. The number of rotatable bonds is 2. The highest BCUT2D eigenvalue weighted by Crippen LogP contribution is 2.28. The first-order valence-electron chi connectivity index (χ1n) is 6.08. The highest BCUT2D eigenvalue weighted by Gasteiger charge is 2.24. The van der Waals surface area contributed by atoms with Crippen molar-refractivity contribution < 1.29 is 9.21 Å². The number of benzene rings is 1. The first-order chi connectivity index (χ1) is 10.3. The Morgan fingerprint density at radius 3 is 2.90 bits per heavy atom. The van der Waals surface area contributed by atoms with Crippen molar-refractivity contribution in [2.24, 2.45) is 4.99 Å². The monoisotopic (exact) mass is 295 g/mol. The third-order valence-corrected chi connectivity index (χ3v) is 3.62. The molecule has 0 unspecified atom stereocenters. The zero-order valence-electron chi connectivity index (χ0n) is 10.7. The lowest BCUT2D eigenvalue weighted by Crippen LogP contribution is -2.19. The Kier molecular flexibility index (Phi) is 3.58. The molecule has 0 bridgehead atoms. The Morgan fingerprint density at radius 2 is 2.14 bits per heavy atom. The summed E-state index contributed by atoms with van der Waals surface area (Å²) in [6, 6.07) is 12.6.